The summed E-state index contributed by atoms with van der Waals surface area (Å²) in [6.07, 6.45) is 3.13. The molecule has 0 saturated carbocycles. The molecule has 0 aliphatic rings. The Morgan fingerprint density at radius 2 is 1.70 bits per heavy atom. The van der Waals surface area contributed by atoms with E-state index in [9.17, 15) is 4.79 Å². The fraction of sp³-hybridized carbons (Fsp3) is 0.867. The van der Waals surface area contributed by atoms with Crippen molar-refractivity contribution < 1.29 is 9.53 Å². The third kappa shape index (κ3) is 5.37. The third-order valence-corrected chi connectivity index (χ3v) is 3.86. The number of hydrogen-bond acceptors (Lipinski definition) is 3. The maximum absolute atomic E-state index is 12.6. The molecule has 5 heteroatoms. The van der Waals surface area contributed by atoms with Crippen LogP contribution >= 0.6 is 12.2 Å². The van der Waals surface area contributed by atoms with Gasteiger partial charge in [0.25, 0.3) is 0 Å². The molecule has 0 aliphatic heterocycles. The lowest BCUT2D eigenvalue weighted by Crippen LogP contribution is -2.52. The highest BCUT2D eigenvalue weighted by Gasteiger charge is 2.40. The van der Waals surface area contributed by atoms with Gasteiger partial charge in [0.05, 0.1) is 16.0 Å². The van der Waals surface area contributed by atoms with Crippen LogP contribution in [0.25, 0.3) is 0 Å². The number of hydrogen-bond donors (Lipinski definition) is 2. The zero-order valence-electron chi connectivity index (χ0n) is 13.5. The Kier molecular flexibility index (Phi) is 8.28. The van der Waals surface area contributed by atoms with Crippen molar-refractivity contribution in [3.63, 3.8) is 0 Å². The third-order valence-electron chi connectivity index (χ3n) is 3.47. The number of thiocarbonyl (C=S) groups is 1. The van der Waals surface area contributed by atoms with Crippen LogP contribution < -0.4 is 11.1 Å². The van der Waals surface area contributed by atoms with Crippen LogP contribution in [-0.4, -0.2) is 29.6 Å². The maximum Gasteiger partial charge on any atom is 0.233 e. The summed E-state index contributed by atoms with van der Waals surface area (Å²) in [5, 5.41) is 2.97. The first-order valence-corrected chi connectivity index (χ1v) is 7.88. The van der Waals surface area contributed by atoms with E-state index in [1.807, 2.05) is 34.6 Å². The summed E-state index contributed by atoms with van der Waals surface area (Å²) in [6.45, 7) is 11.0. The molecule has 0 aromatic carbocycles. The molecule has 0 bridgehead atoms. The van der Waals surface area contributed by atoms with Crippen LogP contribution in [0, 0.1) is 5.41 Å². The monoisotopic (exact) mass is 302 g/mol. The van der Waals surface area contributed by atoms with Crippen LogP contribution in [0.1, 0.15) is 60.3 Å². The van der Waals surface area contributed by atoms with E-state index in [2.05, 4.69) is 5.32 Å². The van der Waals surface area contributed by atoms with Gasteiger partial charge in [0.15, 0.2) is 0 Å². The van der Waals surface area contributed by atoms with Crippen LogP contribution in [0.15, 0.2) is 0 Å². The fourth-order valence-electron chi connectivity index (χ4n) is 2.47. The fourth-order valence-corrected chi connectivity index (χ4v) is 2.76. The van der Waals surface area contributed by atoms with Gasteiger partial charge in [-0.15, -0.1) is 0 Å². The molecule has 20 heavy (non-hydrogen) atoms. The second kappa shape index (κ2) is 8.57. The lowest BCUT2D eigenvalue weighted by Gasteiger charge is -2.33. The number of rotatable bonds is 10. The molecule has 0 fully saturated rings. The minimum Gasteiger partial charge on any atom is -0.392 e. The lowest BCUT2D eigenvalue weighted by atomic mass is 9.78. The van der Waals surface area contributed by atoms with Gasteiger partial charge in [-0.3, -0.25) is 4.79 Å². The van der Waals surface area contributed by atoms with E-state index >= 15 is 0 Å². The second-order valence-corrected chi connectivity index (χ2v) is 6.26. The standard InChI is InChI=1S/C15H30N2O2S/c1-6-9-15(10-7-2,12(16)20)13(18)17-11-14(4,5)19-8-3/h6-11H2,1-5H3,(H2,16,20)(H,17,18). The quantitative estimate of drug-likeness (QED) is 0.609. The van der Waals surface area contributed by atoms with Crippen molar-refractivity contribution in [2.24, 2.45) is 11.1 Å². The van der Waals surface area contributed by atoms with Gasteiger partial charge >= 0.3 is 0 Å². The molecular formula is C15H30N2O2S. The van der Waals surface area contributed by atoms with E-state index in [1.54, 1.807) is 0 Å². The van der Waals surface area contributed by atoms with Gasteiger partial charge in [0.1, 0.15) is 0 Å². The zero-order valence-corrected chi connectivity index (χ0v) is 14.4. The van der Waals surface area contributed by atoms with Gasteiger partial charge in [-0.1, -0.05) is 38.9 Å². The smallest absolute Gasteiger partial charge is 0.233 e. The molecule has 3 N–H and O–H groups in total. The number of amides is 1. The average Bonchev–Trinajstić information content (AvgIpc) is 2.35. The number of ether oxygens (including phenoxy) is 1. The second-order valence-electron chi connectivity index (χ2n) is 5.82. The Labute approximate surface area is 128 Å². The minimum absolute atomic E-state index is 0.0681. The van der Waals surface area contributed by atoms with Gasteiger partial charge in [0.2, 0.25) is 5.91 Å². The van der Waals surface area contributed by atoms with Crippen molar-refractivity contribution in [1.29, 1.82) is 0 Å². The Hall–Kier alpha value is -0.680. The molecule has 0 saturated heterocycles. The molecule has 0 aromatic heterocycles. The molecular weight excluding hydrogens is 272 g/mol. The summed E-state index contributed by atoms with van der Waals surface area (Å²) >= 11 is 5.18. The summed E-state index contributed by atoms with van der Waals surface area (Å²) in [5.74, 6) is -0.0681. The van der Waals surface area contributed by atoms with Crippen molar-refractivity contribution in [3.8, 4) is 0 Å². The van der Waals surface area contributed by atoms with Crippen LogP contribution in [0.2, 0.25) is 0 Å². The first-order valence-electron chi connectivity index (χ1n) is 7.48. The summed E-state index contributed by atoms with van der Waals surface area (Å²) in [6, 6.07) is 0. The van der Waals surface area contributed by atoms with E-state index in [-0.39, 0.29) is 11.5 Å². The molecule has 0 aromatic rings. The normalized spacial score (nSPS) is 12.2. The highest BCUT2D eigenvalue weighted by molar-refractivity contribution is 7.80. The van der Waals surface area contributed by atoms with E-state index in [0.29, 0.717) is 31.0 Å². The Bertz CT molecular complexity index is 324. The van der Waals surface area contributed by atoms with E-state index in [0.717, 1.165) is 12.8 Å². The van der Waals surface area contributed by atoms with Gasteiger partial charge in [0, 0.05) is 13.2 Å². The molecule has 4 nitrogen and oxygen atoms in total. The number of nitrogens with two attached hydrogens (primary N) is 1. The highest BCUT2D eigenvalue weighted by atomic mass is 32.1. The molecule has 118 valence electrons. The number of carbonyl (C=O) groups excluding carboxylic acids is 1. The maximum atomic E-state index is 12.6. The minimum atomic E-state index is -0.721. The van der Waals surface area contributed by atoms with Gasteiger partial charge in [-0.05, 0) is 33.6 Å². The number of nitrogens with one attached hydrogen (secondary N) is 1. The first-order chi connectivity index (χ1) is 9.25. The predicted octanol–water partition coefficient (Wildman–Crippen LogP) is 2.79. The van der Waals surface area contributed by atoms with Gasteiger partial charge < -0.3 is 15.8 Å². The summed E-state index contributed by atoms with van der Waals surface area (Å²) in [4.78, 5) is 12.9. The molecule has 0 rings (SSSR count). The summed E-state index contributed by atoms with van der Waals surface area (Å²) < 4.78 is 5.59. The molecule has 0 spiro atoms. The molecule has 0 aliphatic carbocycles. The largest absolute Gasteiger partial charge is 0.392 e. The predicted molar refractivity (Wildman–Crippen MR) is 87.7 cm³/mol. The van der Waals surface area contributed by atoms with Crippen molar-refractivity contribution >= 4 is 23.1 Å². The van der Waals surface area contributed by atoms with E-state index in [4.69, 9.17) is 22.7 Å². The highest BCUT2D eigenvalue weighted by Crippen LogP contribution is 2.31. The Morgan fingerprint density at radius 1 is 1.20 bits per heavy atom. The van der Waals surface area contributed by atoms with Crippen molar-refractivity contribution in [2.75, 3.05) is 13.2 Å². The molecule has 0 radical (unpaired) electrons. The van der Waals surface area contributed by atoms with Crippen molar-refractivity contribution in [2.45, 2.75) is 65.9 Å². The van der Waals surface area contributed by atoms with Crippen LogP contribution in [-0.2, 0) is 9.53 Å². The zero-order chi connectivity index (χ0) is 15.8. The lowest BCUT2D eigenvalue weighted by molar-refractivity contribution is -0.129. The SMILES string of the molecule is CCCC(CCC)(C(=O)NCC(C)(C)OCC)C(N)=S. The van der Waals surface area contributed by atoms with Gasteiger partial charge in [-0.25, -0.2) is 0 Å². The summed E-state index contributed by atoms with van der Waals surface area (Å²) in [7, 11) is 0. The Morgan fingerprint density at radius 3 is 2.05 bits per heavy atom. The molecule has 0 heterocycles. The topological polar surface area (TPSA) is 64.3 Å². The van der Waals surface area contributed by atoms with Crippen LogP contribution in [0.5, 0.6) is 0 Å². The average molecular weight is 302 g/mol. The van der Waals surface area contributed by atoms with E-state index < -0.39 is 5.41 Å². The number of carbonyl (C=O) groups is 1. The molecule has 0 atom stereocenters. The van der Waals surface area contributed by atoms with Gasteiger partial charge in [-0.2, -0.15) is 0 Å². The van der Waals surface area contributed by atoms with Crippen LogP contribution in [0.3, 0.4) is 0 Å². The first kappa shape index (κ1) is 19.3. The molecule has 1 amide bonds. The Balaban J connectivity index is 4.92. The van der Waals surface area contributed by atoms with Crippen LogP contribution in [0.4, 0.5) is 0 Å². The van der Waals surface area contributed by atoms with Crippen molar-refractivity contribution in [3.05, 3.63) is 0 Å². The van der Waals surface area contributed by atoms with Crippen molar-refractivity contribution in [1.82, 2.24) is 5.32 Å². The van der Waals surface area contributed by atoms with E-state index in [1.165, 1.54) is 0 Å². The molecule has 0 unspecified atom stereocenters. The summed E-state index contributed by atoms with van der Waals surface area (Å²) in [5.41, 5.74) is 4.78.